The number of aliphatic hydroxyl groups is 1. The van der Waals surface area contributed by atoms with Gasteiger partial charge < -0.3 is 29.9 Å². The zero-order chi connectivity index (χ0) is 32.1. The van der Waals surface area contributed by atoms with Crippen LogP contribution in [0.4, 0.5) is 4.79 Å². The summed E-state index contributed by atoms with van der Waals surface area (Å²) in [5.74, 6) is 1.38. The van der Waals surface area contributed by atoms with E-state index in [0.717, 1.165) is 55.5 Å². The third-order valence-corrected chi connectivity index (χ3v) is 10.2. The van der Waals surface area contributed by atoms with Crippen LogP contribution in [0, 0.1) is 5.92 Å². The van der Waals surface area contributed by atoms with E-state index in [9.17, 15) is 14.7 Å². The van der Waals surface area contributed by atoms with Crippen LogP contribution in [0.2, 0.25) is 10.0 Å². The van der Waals surface area contributed by atoms with Gasteiger partial charge in [-0.05, 0) is 81.9 Å². The molecule has 45 heavy (non-hydrogen) atoms. The lowest BCUT2D eigenvalue weighted by Gasteiger charge is -2.35. The number of rotatable bonds is 12. The summed E-state index contributed by atoms with van der Waals surface area (Å²) < 4.78 is 6.26. The number of amides is 3. The molecule has 0 radical (unpaired) electrons. The maximum atomic E-state index is 14.0. The van der Waals surface area contributed by atoms with E-state index >= 15 is 0 Å². The minimum Gasteiger partial charge on any atom is -0.490 e. The van der Waals surface area contributed by atoms with E-state index in [1.54, 1.807) is 29.3 Å². The SMILES string of the molecule is CC[C@H](COc1cccnc1C1CCN(C(=O)[C@@H](Cc2ccc(Cl)cc2Cl)NC(=O)N2CCC(O)(CC3CC3)C2)CC1)N(C)C. The number of β-amino-alcohol motifs (C(OH)–C–C–N with tert-alkyl or cyclic N) is 1. The molecule has 11 heteroatoms. The van der Waals surface area contributed by atoms with Crippen LogP contribution in [0.15, 0.2) is 36.5 Å². The number of piperidine rings is 1. The molecule has 0 spiro atoms. The molecule has 1 aromatic carbocycles. The molecule has 3 fully saturated rings. The molecule has 1 aliphatic carbocycles. The van der Waals surface area contributed by atoms with E-state index < -0.39 is 11.6 Å². The van der Waals surface area contributed by atoms with Crippen molar-refractivity contribution in [3.05, 3.63) is 57.8 Å². The number of benzene rings is 1. The van der Waals surface area contributed by atoms with Crippen molar-refractivity contribution < 1.29 is 19.4 Å². The summed E-state index contributed by atoms with van der Waals surface area (Å²) in [6.45, 7) is 4.57. The quantitative estimate of drug-likeness (QED) is 0.318. The molecule has 2 aliphatic heterocycles. The normalized spacial score (nSPS) is 22.0. The average molecular weight is 661 g/mol. The number of nitrogens with one attached hydrogen (secondary N) is 1. The minimum atomic E-state index is -0.850. The fraction of sp³-hybridized carbons (Fsp3) is 0.618. The monoisotopic (exact) mass is 659 g/mol. The van der Waals surface area contributed by atoms with Crippen LogP contribution in [-0.2, 0) is 11.2 Å². The van der Waals surface area contributed by atoms with Gasteiger partial charge in [0.2, 0.25) is 5.91 Å². The predicted octanol–water partition coefficient (Wildman–Crippen LogP) is 5.37. The number of likely N-dealkylation sites (N-methyl/N-ethyl adjacent to an activating group) is 1. The zero-order valence-electron chi connectivity index (χ0n) is 26.7. The van der Waals surface area contributed by atoms with Crippen LogP contribution in [0.1, 0.15) is 69.0 Å². The summed E-state index contributed by atoms with van der Waals surface area (Å²) >= 11 is 12.6. The first kappa shape index (κ1) is 33.8. The van der Waals surface area contributed by atoms with Gasteiger partial charge in [-0.2, -0.15) is 0 Å². The molecule has 2 saturated heterocycles. The number of halogens is 2. The van der Waals surface area contributed by atoms with Gasteiger partial charge in [0.15, 0.2) is 0 Å². The maximum Gasteiger partial charge on any atom is 0.318 e. The largest absolute Gasteiger partial charge is 0.490 e. The Morgan fingerprint density at radius 1 is 1.13 bits per heavy atom. The van der Waals surface area contributed by atoms with E-state index in [1.165, 1.54) is 0 Å². The number of pyridine rings is 1. The second-order valence-electron chi connectivity index (χ2n) is 13.3. The summed E-state index contributed by atoms with van der Waals surface area (Å²) in [7, 11) is 4.12. The smallest absolute Gasteiger partial charge is 0.318 e. The Kier molecular flexibility index (Phi) is 11.2. The summed E-state index contributed by atoms with van der Waals surface area (Å²) in [4.78, 5) is 37.8. The van der Waals surface area contributed by atoms with Gasteiger partial charge in [-0.1, -0.05) is 49.0 Å². The molecule has 9 nitrogen and oxygen atoms in total. The van der Waals surface area contributed by atoms with Gasteiger partial charge in [-0.25, -0.2) is 4.79 Å². The molecule has 246 valence electrons. The fourth-order valence-electron chi connectivity index (χ4n) is 6.65. The number of hydrogen-bond acceptors (Lipinski definition) is 6. The van der Waals surface area contributed by atoms with E-state index in [2.05, 4.69) is 31.2 Å². The highest BCUT2D eigenvalue weighted by molar-refractivity contribution is 6.35. The summed E-state index contributed by atoms with van der Waals surface area (Å²) in [6.07, 6.45) is 8.09. The first-order valence-corrected chi connectivity index (χ1v) is 17.1. The molecule has 0 bridgehead atoms. The highest BCUT2D eigenvalue weighted by Gasteiger charge is 2.43. The van der Waals surface area contributed by atoms with Crippen molar-refractivity contribution in [2.75, 3.05) is 46.9 Å². The molecule has 1 saturated carbocycles. The van der Waals surface area contributed by atoms with Gasteiger partial charge in [-0.15, -0.1) is 0 Å². The first-order valence-electron chi connectivity index (χ1n) is 16.3. The summed E-state index contributed by atoms with van der Waals surface area (Å²) in [5, 5.41) is 15.0. The molecule has 1 aromatic heterocycles. The van der Waals surface area contributed by atoms with Gasteiger partial charge in [0.1, 0.15) is 18.4 Å². The van der Waals surface area contributed by atoms with Gasteiger partial charge in [-0.3, -0.25) is 9.78 Å². The number of ether oxygens (including phenoxy) is 1. The molecule has 5 rings (SSSR count). The second-order valence-corrected chi connectivity index (χ2v) is 14.2. The van der Waals surface area contributed by atoms with Crippen LogP contribution < -0.4 is 10.1 Å². The lowest BCUT2D eigenvalue weighted by molar-refractivity contribution is -0.134. The van der Waals surface area contributed by atoms with Crippen molar-refractivity contribution in [1.82, 2.24) is 25.0 Å². The molecule has 3 atom stereocenters. The predicted molar refractivity (Wildman–Crippen MR) is 177 cm³/mol. The van der Waals surface area contributed by atoms with Crippen LogP contribution in [0.25, 0.3) is 0 Å². The Morgan fingerprint density at radius 2 is 1.89 bits per heavy atom. The van der Waals surface area contributed by atoms with Crippen LogP contribution in [0.3, 0.4) is 0 Å². The molecule has 1 unspecified atom stereocenters. The van der Waals surface area contributed by atoms with Crippen molar-refractivity contribution >= 4 is 35.1 Å². The lowest BCUT2D eigenvalue weighted by atomic mass is 9.91. The van der Waals surface area contributed by atoms with Gasteiger partial charge in [0.25, 0.3) is 0 Å². The molecular weight excluding hydrogens is 613 g/mol. The fourth-order valence-corrected chi connectivity index (χ4v) is 7.13. The third-order valence-electron chi connectivity index (χ3n) is 9.65. The topological polar surface area (TPSA) is 98.2 Å². The standard InChI is InChI=1S/C34H47Cl2N5O4/c1-4-27(39(2)3)21-45-30-6-5-14-37-31(30)24-11-15-40(16-12-24)32(42)29(18-25-9-10-26(35)19-28(25)36)38-33(43)41-17-13-34(44,22-41)20-23-7-8-23/h5-6,9-10,14,19,23-24,27,29,44H,4,7-8,11-13,15-18,20-22H2,1-3H3,(H,38,43)/t27-,29-,34?/m1/s1. The number of carbonyl (C=O) groups excluding carboxylic acids is 2. The van der Waals surface area contributed by atoms with Gasteiger partial charge >= 0.3 is 6.03 Å². The molecule has 3 amide bonds. The Bertz CT molecular complexity index is 1330. The number of carbonyl (C=O) groups is 2. The Hall–Kier alpha value is -2.59. The molecule has 2 N–H and O–H groups in total. The Morgan fingerprint density at radius 3 is 2.56 bits per heavy atom. The van der Waals surface area contributed by atoms with Crippen molar-refractivity contribution in [2.24, 2.45) is 5.92 Å². The Balaban J connectivity index is 1.24. The van der Waals surface area contributed by atoms with Crippen LogP contribution in [0.5, 0.6) is 5.75 Å². The average Bonchev–Trinajstić information content (AvgIpc) is 3.74. The molecule has 3 heterocycles. The van der Waals surface area contributed by atoms with Crippen molar-refractivity contribution in [2.45, 2.75) is 81.9 Å². The zero-order valence-corrected chi connectivity index (χ0v) is 28.2. The van der Waals surface area contributed by atoms with Crippen LogP contribution >= 0.6 is 23.2 Å². The lowest BCUT2D eigenvalue weighted by Crippen LogP contribution is -2.54. The number of aromatic nitrogens is 1. The van der Waals surface area contributed by atoms with E-state index in [0.29, 0.717) is 54.7 Å². The third kappa shape index (κ3) is 8.82. The number of likely N-dealkylation sites (tertiary alicyclic amines) is 2. The Labute approximate surface area is 277 Å². The van der Waals surface area contributed by atoms with Gasteiger partial charge in [0.05, 0.1) is 17.8 Å². The van der Waals surface area contributed by atoms with Gasteiger partial charge in [0, 0.05) is 54.3 Å². The number of urea groups is 1. The summed E-state index contributed by atoms with van der Waals surface area (Å²) in [6, 6.07) is 8.24. The number of nitrogens with zero attached hydrogens (tertiary/aromatic N) is 4. The minimum absolute atomic E-state index is 0.144. The molecule has 3 aliphatic rings. The van der Waals surface area contributed by atoms with E-state index in [-0.39, 0.29) is 30.8 Å². The molecule has 2 aromatic rings. The van der Waals surface area contributed by atoms with Crippen molar-refractivity contribution in [3.63, 3.8) is 0 Å². The highest BCUT2D eigenvalue weighted by atomic mass is 35.5. The first-order chi connectivity index (χ1) is 21.5. The second kappa shape index (κ2) is 14.9. The van der Waals surface area contributed by atoms with E-state index in [4.69, 9.17) is 32.9 Å². The van der Waals surface area contributed by atoms with Crippen molar-refractivity contribution in [1.29, 1.82) is 0 Å². The van der Waals surface area contributed by atoms with Crippen LogP contribution in [-0.4, -0.2) is 101 Å². The number of hydrogen-bond donors (Lipinski definition) is 2. The van der Waals surface area contributed by atoms with Crippen molar-refractivity contribution in [3.8, 4) is 5.75 Å². The maximum absolute atomic E-state index is 14.0. The molecular formula is C34H47Cl2N5O4. The highest BCUT2D eigenvalue weighted by Crippen LogP contribution is 2.40. The summed E-state index contributed by atoms with van der Waals surface area (Å²) in [5.41, 5.74) is 0.820. The van der Waals surface area contributed by atoms with E-state index in [1.807, 2.05) is 17.0 Å².